The van der Waals surface area contributed by atoms with Gasteiger partial charge in [-0.1, -0.05) is 23.7 Å². The normalized spacial score (nSPS) is 18.7. The fourth-order valence-electron chi connectivity index (χ4n) is 9.71. The Kier molecular flexibility index (Phi) is 18.7. The monoisotopic (exact) mass is 905 g/mol. The average molecular weight is 908 g/mol. The lowest BCUT2D eigenvalue weighted by Crippen LogP contribution is -2.36. The van der Waals surface area contributed by atoms with Gasteiger partial charge in [-0.25, -0.2) is 0 Å². The number of halogens is 4. The minimum atomic E-state index is -0.0324. The molecule has 13 heteroatoms. The minimum Gasteiger partial charge on any atom is -0.493 e. The Morgan fingerprint density at radius 2 is 0.783 bits per heavy atom. The first-order valence-electron chi connectivity index (χ1n) is 20.5. The Morgan fingerprint density at radius 1 is 0.483 bits per heavy atom. The molecule has 0 spiro atoms. The van der Waals surface area contributed by atoms with E-state index in [-0.39, 0.29) is 60.8 Å². The molecule has 3 unspecified atom stereocenters. The zero-order chi connectivity index (χ0) is 39.9. The van der Waals surface area contributed by atoms with Crippen LogP contribution < -0.4 is 44.4 Å². The van der Waals surface area contributed by atoms with Crippen LogP contribution in [0.3, 0.4) is 0 Å². The van der Waals surface area contributed by atoms with Gasteiger partial charge >= 0.3 is 0 Å². The molecule has 3 aliphatic rings. The molecule has 3 heterocycles. The molecule has 9 nitrogen and oxygen atoms in total. The summed E-state index contributed by atoms with van der Waals surface area (Å²) in [7, 11) is 10.3. The van der Waals surface area contributed by atoms with E-state index in [9.17, 15) is 0 Å². The summed E-state index contributed by atoms with van der Waals surface area (Å²) in [6.07, 6.45) is 9.94. The van der Waals surface area contributed by atoms with Gasteiger partial charge in [0, 0.05) is 23.1 Å². The molecule has 3 aliphatic heterocycles. The van der Waals surface area contributed by atoms with Crippen molar-refractivity contribution in [1.82, 2.24) is 16.0 Å². The third-order valence-electron chi connectivity index (χ3n) is 12.8. The van der Waals surface area contributed by atoms with Gasteiger partial charge in [-0.05, 0) is 177 Å². The first kappa shape index (κ1) is 49.4. The van der Waals surface area contributed by atoms with Crippen molar-refractivity contribution in [2.75, 3.05) is 62.3 Å². The SMILES string of the molecule is COc1cc2c(cc1OC)C(CCC(CCC1NCCc3cc(OC)c(OC)cc31)(CCC1NCCc3cc(OC)c(OC)cc31)Cc1ccc(Cl)cc1)NCC2.Cl.Cl.Cl. The first-order chi connectivity index (χ1) is 27.8. The second-order valence-corrected chi connectivity index (χ2v) is 16.3. The molecule has 4 aromatic rings. The molecule has 3 N–H and O–H groups in total. The number of benzene rings is 4. The standard InChI is InChI=1S/C47H60ClN3O6.3ClH/c1-52-41-23-31-14-20-49-38(35(31)26-44(41)55-4)11-17-47(29-30-7-9-34(48)10-8-30,18-12-39-36-27-45(56-5)42(53-2)24-32(36)15-21-50-39)19-13-40-37-28-46(57-6)43(54-3)25-33(37)16-22-51-40;;;/h7-10,23-28,38-40,49-51H,11-22,29H2,1-6H3;3*1H. The van der Waals surface area contributed by atoms with Crippen LogP contribution in [-0.4, -0.2) is 62.3 Å². The lowest BCUT2D eigenvalue weighted by Gasteiger charge is -2.40. The molecule has 330 valence electrons. The van der Waals surface area contributed by atoms with Crippen LogP contribution in [0.15, 0.2) is 60.7 Å². The molecule has 3 atom stereocenters. The number of rotatable bonds is 17. The number of hydrogen-bond acceptors (Lipinski definition) is 9. The van der Waals surface area contributed by atoms with Gasteiger partial charge in [0.15, 0.2) is 34.5 Å². The van der Waals surface area contributed by atoms with Crippen molar-refractivity contribution in [2.45, 2.75) is 82.3 Å². The number of nitrogens with one attached hydrogen (secondary N) is 3. The van der Waals surface area contributed by atoms with E-state index in [2.05, 4.69) is 64.5 Å². The highest BCUT2D eigenvalue weighted by Gasteiger charge is 2.36. The maximum atomic E-state index is 6.47. The summed E-state index contributed by atoms with van der Waals surface area (Å²) in [5.74, 6) is 4.70. The van der Waals surface area contributed by atoms with Crippen molar-refractivity contribution < 1.29 is 28.4 Å². The summed E-state index contributed by atoms with van der Waals surface area (Å²) >= 11 is 6.47. The summed E-state index contributed by atoms with van der Waals surface area (Å²) in [4.78, 5) is 0. The van der Waals surface area contributed by atoms with Crippen molar-refractivity contribution in [1.29, 1.82) is 0 Å². The second-order valence-electron chi connectivity index (χ2n) is 15.9. The molecule has 0 aliphatic carbocycles. The first-order valence-corrected chi connectivity index (χ1v) is 20.9. The predicted octanol–water partition coefficient (Wildman–Crippen LogP) is 10.2. The van der Waals surface area contributed by atoms with E-state index in [4.69, 9.17) is 40.0 Å². The molecule has 60 heavy (non-hydrogen) atoms. The Bertz CT molecular complexity index is 1810. The third kappa shape index (κ3) is 11.0. The highest BCUT2D eigenvalue weighted by atomic mass is 35.5. The van der Waals surface area contributed by atoms with Gasteiger partial charge in [-0.3, -0.25) is 0 Å². The maximum Gasteiger partial charge on any atom is 0.161 e. The average Bonchev–Trinajstić information content (AvgIpc) is 3.25. The quantitative estimate of drug-likeness (QED) is 0.0958. The lowest BCUT2D eigenvalue weighted by molar-refractivity contribution is 0.172. The van der Waals surface area contributed by atoms with Gasteiger partial charge in [0.25, 0.3) is 0 Å². The summed E-state index contributed by atoms with van der Waals surface area (Å²) in [6.45, 7) is 2.79. The largest absolute Gasteiger partial charge is 0.493 e. The highest BCUT2D eigenvalue weighted by molar-refractivity contribution is 6.30. The van der Waals surface area contributed by atoms with Gasteiger partial charge in [-0.2, -0.15) is 0 Å². The van der Waals surface area contributed by atoms with E-state index < -0.39 is 0 Å². The van der Waals surface area contributed by atoms with Gasteiger partial charge in [0.05, 0.1) is 42.7 Å². The molecule has 0 amide bonds. The zero-order valence-corrected chi connectivity index (χ0v) is 39.0. The maximum absolute atomic E-state index is 6.47. The number of fused-ring (bicyclic) bond motifs is 3. The third-order valence-corrected chi connectivity index (χ3v) is 13.1. The van der Waals surface area contributed by atoms with Crippen LogP contribution in [-0.2, 0) is 25.7 Å². The minimum absolute atomic E-state index is 0. The van der Waals surface area contributed by atoms with Crippen molar-refractivity contribution in [2.24, 2.45) is 5.41 Å². The highest BCUT2D eigenvalue weighted by Crippen LogP contribution is 2.47. The Hall–Kier alpha value is -3.28. The smallest absolute Gasteiger partial charge is 0.161 e. The molecular formula is C47H63Cl4N3O6. The second kappa shape index (κ2) is 22.7. The van der Waals surface area contributed by atoms with E-state index in [1.807, 2.05) is 12.1 Å². The van der Waals surface area contributed by atoms with E-state index in [0.29, 0.717) is 0 Å². The van der Waals surface area contributed by atoms with E-state index in [1.54, 1.807) is 42.7 Å². The van der Waals surface area contributed by atoms with Gasteiger partial charge in [-0.15, -0.1) is 37.2 Å². The van der Waals surface area contributed by atoms with Gasteiger partial charge in [0.2, 0.25) is 0 Å². The molecule has 0 aromatic heterocycles. The van der Waals surface area contributed by atoms with Crippen LogP contribution in [0.1, 0.15) is 95.6 Å². The van der Waals surface area contributed by atoms with E-state index >= 15 is 0 Å². The molecule has 0 bridgehead atoms. The van der Waals surface area contributed by atoms with Crippen molar-refractivity contribution in [3.05, 3.63) is 105 Å². The fraction of sp³-hybridized carbons (Fsp3) is 0.489. The van der Waals surface area contributed by atoms with Crippen molar-refractivity contribution >= 4 is 48.8 Å². The molecule has 0 fully saturated rings. The zero-order valence-electron chi connectivity index (χ0n) is 35.8. The van der Waals surface area contributed by atoms with Crippen molar-refractivity contribution in [3.63, 3.8) is 0 Å². The fourth-order valence-corrected chi connectivity index (χ4v) is 9.83. The predicted molar refractivity (Wildman–Crippen MR) is 249 cm³/mol. The van der Waals surface area contributed by atoms with Gasteiger partial charge < -0.3 is 44.4 Å². The molecule has 0 saturated heterocycles. The Balaban J connectivity index is 0.00000265. The van der Waals surface area contributed by atoms with Crippen LogP contribution >= 0.6 is 48.8 Å². The van der Waals surface area contributed by atoms with E-state index in [0.717, 1.165) is 123 Å². The molecule has 0 radical (unpaired) electrons. The molecular weight excluding hydrogens is 844 g/mol. The van der Waals surface area contributed by atoms with Crippen LogP contribution in [0.4, 0.5) is 0 Å². The number of hydrogen-bond donors (Lipinski definition) is 3. The molecule has 0 saturated carbocycles. The Morgan fingerprint density at radius 3 is 1.08 bits per heavy atom. The number of ether oxygens (including phenoxy) is 6. The topological polar surface area (TPSA) is 91.5 Å². The summed E-state index contributed by atoms with van der Waals surface area (Å²) in [5.41, 5.74) is 9.22. The summed E-state index contributed by atoms with van der Waals surface area (Å²) in [5, 5.41) is 12.5. The summed E-state index contributed by atoms with van der Waals surface area (Å²) in [6, 6.07) is 22.2. The molecule has 7 rings (SSSR count). The Labute approximate surface area is 380 Å². The lowest BCUT2D eigenvalue weighted by atomic mass is 9.68. The summed E-state index contributed by atoms with van der Waals surface area (Å²) < 4.78 is 34.6. The number of methoxy groups -OCH3 is 6. The van der Waals surface area contributed by atoms with Crippen LogP contribution in [0, 0.1) is 5.41 Å². The molecule has 4 aromatic carbocycles. The van der Waals surface area contributed by atoms with Crippen molar-refractivity contribution in [3.8, 4) is 34.5 Å². The van der Waals surface area contributed by atoms with Crippen LogP contribution in [0.2, 0.25) is 5.02 Å². The van der Waals surface area contributed by atoms with Crippen LogP contribution in [0.5, 0.6) is 34.5 Å². The van der Waals surface area contributed by atoms with E-state index in [1.165, 1.54) is 38.9 Å². The van der Waals surface area contributed by atoms with Crippen LogP contribution in [0.25, 0.3) is 0 Å². The van der Waals surface area contributed by atoms with Gasteiger partial charge in [0.1, 0.15) is 0 Å².